The summed E-state index contributed by atoms with van der Waals surface area (Å²) in [7, 11) is 0. The molecule has 0 amide bonds. The third kappa shape index (κ3) is 3.77. The zero-order valence-corrected chi connectivity index (χ0v) is 12.6. The zero-order chi connectivity index (χ0) is 12.8. The lowest BCUT2D eigenvalue weighted by Gasteiger charge is -2.34. The molecule has 3 nitrogen and oxygen atoms in total. The number of nitrogens with one attached hydrogen (secondary N) is 1. The van der Waals surface area contributed by atoms with Crippen LogP contribution in [0.5, 0.6) is 0 Å². The molecular weight excluding hydrogens is 290 g/mol. The summed E-state index contributed by atoms with van der Waals surface area (Å²) in [5.41, 5.74) is 1.22. The summed E-state index contributed by atoms with van der Waals surface area (Å²) in [6.07, 6.45) is 5.65. The van der Waals surface area contributed by atoms with Crippen LogP contribution in [0.1, 0.15) is 37.9 Å². The molecule has 1 aliphatic rings. The summed E-state index contributed by atoms with van der Waals surface area (Å²) < 4.78 is 1.06. The molecule has 0 saturated carbocycles. The van der Waals surface area contributed by atoms with E-state index >= 15 is 0 Å². The van der Waals surface area contributed by atoms with Gasteiger partial charge in [0.05, 0.1) is 11.7 Å². The number of nitrogens with zero attached hydrogens (tertiary/aromatic N) is 2. The SMILES string of the molecule is CCCC[C@@H](c1ccc(Br)cn1)N1CCNCC1. The van der Waals surface area contributed by atoms with Crippen LogP contribution in [0, 0.1) is 0 Å². The summed E-state index contributed by atoms with van der Waals surface area (Å²) in [4.78, 5) is 7.17. The first-order valence-corrected chi connectivity index (χ1v) is 7.66. The topological polar surface area (TPSA) is 28.2 Å². The van der Waals surface area contributed by atoms with Gasteiger partial charge in [-0.2, -0.15) is 0 Å². The smallest absolute Gasteiger partial charge is 0.0576 e. The highest BCUT2D eigenvalue weighted by molar-refractivity contribution is 9.10. The molecule has 1 aliphatic heterocycles. The van der Waals surface area contributed by atoms with Crippen molar-refractivity contribution in [3.05, 3.63) is 28.5 Å². The predicted molar refractivity (Wildman–Crippen MR) is 78.6 cm³/mol. The van der Waals surface area contributed by atoms with Gasteiger partial charge in [-0.25, -0.2) is 0 Å². The van der Waals surface area contributed by atoms with Gasteiger partial charge in [-0.05, 0) is 34.5 Å². The Morgan fingerprint density at radius 2 is 2.17 bits per heavy atom. The molecule has 100 valence electrons. The first-order chi connectivity index (χ1) is 8.81. The number of rotatable bonds is 5. The van der Waals surface area contributed by atoms with E-state index in [-0.39, 0.29) is 0 Å². The van der Waals surface area contributed by atoms with E-state index in [1.54, 1.807) is 0 Å². The van der Waals surface area contributed by atoms with Gasteiger partial charge in [0.2, 0.25) is 0 Å². The molecule has 1 aromatic heterocycles. The second-order valence-electron chi connectivity index (χ2n) is 4.85. The Balaban J connectivity index is 2.10. The minimum absolute atomic E-state index is 0.486. The molecule has 4 heteroatoms. The Morgan fingerprint density at radius 3 is 2.78 bits per heavy atom. The number of hydrogen-bond donors (Lipinski definition) is 1. The minimum atomic E-state index is 0.486. The van der Waals surface area contributed by atoms with E-state index in [1.165, 1.54) is 25.0 Å². The standard InChI is InChI=1S/C14H22BrN3/c1-2-3-4-14(18-9-7-16-8-10-18)13-6-5-12(15)11-17-13/h5-6,11,14,16H,2-4,7-10H2,1H3/t14-/m0/s1. The van der Waals surface area contributed by atoms with E-state index in [2.05, 4.69) is 50.2 Å². The van der Waals surface area contributed by atoms with E-state index in [0.717, 1.165) is 30.7 Å². The van der Waals surface area contributed by atoms with Crippen molar-refractivity contribution in [2.75, 3.05) is 26.2 Å². The van der Waals surface area contributed by atoms with Crippen molar-refractivity contribution in [3.63, 3.8) is 0 Å². The number of hydrogen-bond acceptors (Lipinski definition) is 3. The van der Waals surface area contributed by atoms with Crippen molar-refractivity contribution < 1.29 is 0 Å². The Bertz CT molecular complexity index is 347. The van der Waals surface area contributed by atoms with Gasteiger partial charge in [0.15, 0.2) is 0 Å². The summed E-state index contributed by atoms with van der Waals surface area (Å²) in [5, 5.41) is 3.42. The largest absolute Gasteiger partial charge is 0.314 e. The molecule has 0 radical (unpaired) electrons. The molecule has 1 aromatic rings. The van der Waals surface area contributed by atoms with Crippen LogP contribution in [-0.4, -0.2) is 36.1 Å². The first-order valence-electron chi connectivity index (χ1n) is 6.87. The van der Waals surface area contributed by atoms with E-state index < -0.39 is 0 Å². The number of aromatic nitrogens is 1. The van der Waals surface area contributed by atoms with E-state index in [1.807, 2.05) is 6.20 Å². The maximum Gasteiger partial charge on any atom is 0.0576 e. The van der Waals surface area contributed by atoms with E-state index in [9.17, 15) is 0 Å². The molecule has 0 spiro atoms. The van der Waals surface area contributed by atoms with Crippen molar-refractivity contribution in [2.24, 2.45) is 0 Å². The number of piperazine rings is 1. The van der Waals surface area contributed by atoms with Gasteiger partial charge in [-0.15, -0.1) is 0 Å². The monoisotopic (exact) mass is 311 g/mol. The van der Waals surface area contributed by atoms with Crippen LogP contribution in [0.15, 0.2) is 22.8 Å². The Hall–Kier alpha value is -0.450. The lowest BCUT2D eigenvalue weighted by Crippen LogP contribution is -2.45. The highest BCUT2D eigenvalue weighted by atomic mass is 79.9. The van der Waals surface area contributed by atoms with Gasteiger partial charge in [0, 0.05) is 36.8 Å². The second-order valence-corrected chi connectivity index (χ2v) is 5.76. The fourth-order valence-electron chi connectivity index (χ4n) is 2.49. The Morgan fingerprint density at radius 1 is 1.39 bits per heavy atom. The van der Waals surface area contributed by atoms with Gasteiger partial charge in [0.1, 0.15) is 0 Å². The molecule has 1 atom stereocenters. The average molecular weight is 312 g/mol. The third-order valence-electron chi connectivity index (χ3n) is 3.52. The molecule has 0 aliphatic carbocycles. The molecule has 2 rings (SSSR count). The third-order valence-corrected chi connectivity index (χ3v) is 3.98. The van der Waals surface area contributed by atoms with Crippen molar-refractivity contribution >= 4 is 15.9 Å². The van der Waals surface area contributed by atoms with Gasteiger partial charge >= 0.3 is 0 Å². The summed E-state index contributed by atoms with van der Waals surface area (Å²) in [6, 6.07) is 4.75. The highest BCUT2D eigenvalue weighted by Gasteiger charge is 2.22. The van der Waals surface area contributed by atoms with Crippen LogP contribution < -0.4 is 5.32 Å². The van der Waals surface area contributed by atoms with Crippen LogP contribution in [-0.2, 0) is 0 Å². The maximum absolute atomic E-state index is 4.60. The molecule has 0 bridgehead atoms. The second kappa shape index (κ2) is 7.22. The summed E-state index contributed by atoms with van der Waals surface area (Å²) in [5.74, 6) is 0. The van der Waals surface area contributed by atoms with Crippen LogP contribution in [0.25, 0.3) is 0 Å². The van der Waals surface area contributed by atoms with Crippen molar-refractivity contribution in [1.29, 1.82) is 0 Å². The fourth-order valence-corrected chi connectivity index (χ4v) is 2.73. The van der Waals surface area contributed by atoms with E-state index in [0.29, 0.717) is 6.04 Å². The average Bonchev–Trinajstić information content (AvgIpc) is 2.42. The van der Waals surface area contributed by atoms with Crippen LogP contribution in [0.4, 0.5) is 0 Å². The highest BCUT2D eigenvalue weighted by Crippen LogP contribution is 2.26. The maximum atomic E-state index is 4.60. The summed E-state index contributed by atoms with van der Waals surface area (Å²) >= 11 is 3.46. The van der Waals surface area contributed by atoms with Crippen LogP contribution in [0.2, 0.25) is 0 Å². The number of halogens is 1. The van der Waals surface area contributed by atoms with Gasteiger partial charge in [-0.1, -0.05) is 19.8 Å². The molecule has 0 unspecified atom stereocenters. The molecule has 1 fully saturated rings. The van der Waals surface area contributed by atoms with Gasteiger partial charge in [-0.3, -0.25) is 9.88 Å². The molecule has 0 aromatic carbocycles. The van der Waals surface area contributed by atoms with Crippen molar-refractivity contribution in [3.8, 4) is 0 Å². The van der Waals surface area contributed by atoms with E-state index in [4.69, 9.17) is 0 Å². The molecule has 2 heterocycles. The first kappa shape index (κ1) is 14.0. The van der Waals surface area contributed by atoms with Gasteiger partial charge < -0.3 is 5.32 Å². The lowest BCUT2D eigenvalue weighted by molar-refractivity contribution is 0.160. The summed E-state index contributed by atoms with van der Waals surface area (Å²) in [6.45, 7) is 6.71. The van der Waals surface area contributed by atoms with Crippen molar-refractivity contribution in [1.82, 2.24) is 15.2 Å². The Kier molecular flexibility index (Phi) is 5.60. The number of unbranched alkanes of at least 4 members (excludes halogenated alkanes) is 1. The predicted octanol–water partition coefficient (Wildman–Crippen LogP) is 2.98. The van der Waals surface area contributed by atoms with Crippen LogP contribution in [0.3, 0.4) is 0 Å². The van der Waals surface area contributed by atoms with Crippen molar-refractivity contribution in [2.45, 2.75) is 32.2 Å². The molecule has 1 saturated heterocycles. The number of pyridine rings is 1. The normalized spacial score (nSPS) is 18.8. The van der Waals surface area contributed by atoms with Gasteiger partial charge in [0.25, 0.3) is 0 Å². The molecular formula is C14H22BrN3. The molecule has 18 heavy (non-hydrogen) atoms. The minimum Gasteiger partial charge on any atom is -0.314 e. The molecule has 1 N–H and O–H groups in total. The Labute approximate surface area is 118 Å². The van der Waals surface area contributed by atoms with Crippen LogP contribution >= 0.6 is 15.9 Å². The quantitative estimate of drug-likeness (QED) is 0.906. The fraction of sp³-hybridized carbons (Fsp3) is 0.643. The lowest BCUT2D eigenvalue weighted by atomic mass is 10.0. The zero-order valence-electron chi connectivity index (χ0n) is 11.0.